The fourth-order valence-corrected chi connectivity index (χ4v) is 8.55. The maximum absolute atomic E-state index is 13.2. The summed E-state index contributed by atoms with van der Waals surface area (Å²) in [7, 11) is 4.77. The molecule has 5 heterocycles. The molecule has 2 atom stereocenters. The maximum atomic E-state index is 13.2. The SMILES string of the molecule is COc1nc(-c2cccc(-c3cccc(Nc4nccc5c4c(=O)n(C)c(=O)n5C)c3C)c2Cl)cc2c1[C@@H](N1CC[C@@]3(CCNC(=O)N3)C1)CC2. The smallest absolute Gasteiger partial charge is 0.330 e. The highest BCUT2D eigenvalue weighted by Gasteiger charge is 2.45. The van der Waals surface area contributed by atoms with E-state index in [2.05, 4.69) is 31.9 Å². The first-order valence-electron chi connectivity index (χ1n) is 17.2. The number of aromatic nitrogens is 4. The van der Waals surface area contributed by atoms with E-state index in [9.17, 15) is 14.4 Å². The molecular weight excluding hydrogens is 668 g/mol. The lowest BCUT2D eigenvalue weighted by Gasteiger charge is -2.36. The first kappa shape index (κ1) is 33.0. The van der Waals surface area contributed by atoms with E-state index < -0.39 is 11.2 Å². The number of urea groups is 1. The average molecular weight is 707 g/mol. The van der Waals surface area contributed by atoms with Crippen molar-refractivity contribution in [3.05, 3.63) is 97.3 Å². The van der Waals surface area contributed by atoms with Crippen LogP contribution in [-0.4, -0.2) is 62.3 Å². The van der Waals surface area contributed by atoms with Crippen LogP contribution in [0.1, 0.15) is 42.0 Å². The number of anilines is 2. The Kier molecular flexibility index (Phi) is 8.10. The van der Waals surface area contributed by atoms with Gasteiger partial charge in [-0.1, -0.05) is 41.9 Å². The number of pyridine rings is 2. The molecule has 8 rings (SSSR count). The number of likely N-dealkylation sites (tertiary alicyclic amines) is 1. The molecule has 0 bridgehead atoms. The standard InChI is InChI=1S/C38H39ClN8O4/c1-21-23(7-6-10-26(21)42-33-31-28(13-16-40-33)45(2)37(50)46(3)35(31)48)24-8-5-9-25(32(24)39)27-19-22-11-12-29(30(22)34(43-27)51-4)47-18-15-38(20-47)14-17-41-36(49)44-38/h5-10,13,16,19,29H,11-12,14-15,17-18,20H2,1-4H3,(H,40,42)(H2,41,44,49)/t29-,38-/m0/s1. The van der Waals surface area contributed by atoms with Crippen molar-refractivity contribution in [1.82, 2.24) is 34.6 Å². The van der Waals surface area contributed by atoms with E-state index in [0.717, 1.165) is 82.5 Å². The molecule has 262 valence electrons. The van der Waals surface area contributed by atoms with Crippen LogP contribution in [0.5, 0.6) is 5.88 Å². The highest BCUT2D eigenvalue weighted by atomic mass is 35.5. The van der Waals surface area contributed by atoms with E-state index in [0.29, 0.717) is 34.2 Å². The Morgan fingerprint density at radius 1 is 1.02 bits per heavy atom. The second-order valence-corrected chi connectivity index (χ2v) is 14.2. The number of nitrogens with one attached hydrogen (secondary N) is 3. The van der Waals surface area contributed by atoms with Gasteiger partial charge in [-0.25, -0.2) is 19.6 Å². The van der Waals surface area contributed by atoms with Gasteiger partial charge in [0.05, 0.1) is 28.9 Å². The van der Waals surface area contributed by atoms with Gasteiger partial charge < -0.3 is 20.7 Å². The van der Waals surface area contributed by atoms with Crippen molar-refractivity contribution in [1.29, 1.82) is 0 Å². The summed E-state index contributed by atoms with van der Waals surface area (Å²) in [6.45, 7) is 4.40. The van der Waals surface area contributed by atoms with E-state index in [4.69, 9.17) is 21.3 Å². The molecule has 3 aliphatic rings. The molecule has 3 N–H and O–H groups in total. The topological polar surface area (TPSA) is 135 Å². The number of amides is 2. The van der Waals surface area contributed by atoms with Gasteiger partial charge in [0, 0.05) is 68.3 Å². The van der Waals surface area contributed by atoms with E-state index in [1.165, 1.54) is 17.2 Å². The van der Waals surface area contributed by atoms with Crippen molar-refractivity contribution in [3.63, 3.8) is 0 Å². The molecule has 2 aliphatic heterocycles. The lowest BCUT2D eigenvalue weighted by molar-refractivity contribution is 0.187. The minimum absolute atomic E-state index is 0.0841. The highest BCUT2D eigenvalue weighted by molar-refractivity contribution is 6.36. The van der Waals surface area contributed by atoms with E-state index in [1.54, 1.807) is 26.4 Å². The zero-order valence-electron chi connectivity index (χ0n) is 29.0. The van der Waals surface area contributed by atoms with Crippen molar-refractivity contribution in [2.75, 3.05) is 32.1 Å². The minimum Gasteiger partial charge on any atom is -0.481 e. The second-order valence-electron chi connectivity index (χ2n) is 13.8. The Morgan fingerprint density at radius 3 is 2.61 bits per heavy atom. The lowest BCUT2D eigenvalue weighted by atomic mass is 9.93. The summed E-state index contributed by atoms with van der Waals surface area (Å²) in [4.78, 5) is 49.9. The number of hydrogen-bond donors (Lipinski definition) is 3. The van der Waals surface area contributed by atoms with Crippen molar-refractivity contribution in [3.8, 4) is 28.3 Å². The lowest BCUT2D eigenvalue weighted by Crippen LogP contribution is -2.59. The van der Waals surface area contributed by atoms with Gasteiger partial charge in [0.2, 0.25) is 5.88 Å². The van der Waals surface area contributed by atoms with Crippen LogP contribution in [0.2, 0.25) is 5.02 Å². The largest absolute Gasteiger partial charge is 0.481 e. The molecule has 2 saturated heterocycles. The van der Waals surface area contributed by atoms with Gasteiger partial charge in [-0.05, 0) is 67.5 Å². The Bertz CT molecular complexity index is 2370. The van der Waals surface area contributed by atoms with Gasteiger partial charge in [-0.15, -0.1) is 0 Å². The third kappa shape index (κ3) is 5.44. The van der Waals surface area contributed by atoms with Crippen LogP contribution in [0, 0.1) is 6.92 Å². The summed E-state index contributed by atoms with van der Waals surface area (Å²) >= 11 is 7.25. The van der Waals surface area contributed by atoms with E-state index in [1.807, 2.05) is 43.3 Å². The number of benzene rings is 2. The quantitative estimate of drug-likeness (QED) is 0.219. The number of rotatable bonds is 6. The van der Waals surface area contributed by atoms with E-state index >= 15 is 0 Å². The normalized spacial score (nSPS) is 20.0. The molecule has 0 saturated carbocycles. The maximum Gasteiger partial charge on any atom is 0.330 e. The molecular formula is C38H39ClN8O4. The molecule has 51 heavy (non-hydrogen) atoms. The molecule has 2 aromatic carbocycles. The zero-order valence-corrected chi connectivity index (χ0v) is 29.7. The van der Waals surface area contributed by atoms with Crippen LogP contribution in [0.3, 0.4) is 0 Å². The van der Waals surface area contributed by atoms with Gasteiger partial charge in [0.25, 0.3) is 5.56 Å². The van der Waals surface area contributed by atoms with Gasteiger partial charge >= 0.3 is 11.7 Å². The first-order chi connectivity index (χ1) is 24.6. The third-order valence-corrected chi connectivity index (χ3v) is 11.4. The monoisotopic (exact) mass is 706 g/mol. The highest BCUT2D eigenvalue weighted by Crippen LogP contribution is 2.46. The fourth-order valence-electron chi connectivity index (χ4n) is 8.23. The number of carbonyl (C=O) groups excluding carboxylic acids is 1. The number of carbonyl (C=O) groups is 1. The molecule has 1 spiro atoms. The molecule has 2 amide bonds. The van der Waals surface area contributed by atoms with Crippen LogP contribution < -0.4 is 31.9 Å². The number of hydrogen-bond acceptors (Lipinski definition) is 8. The number of halogens is 1. The van der Waals surface area contributed by atoms with Crippen LogP contribution in [0.25, 0.3) is 33.3 Å². The summed E-state index contributed by atoms with van der Waals surface area (Å²) in [6.07, 6.45) is 5.28. The Balaban J connectivity index is 1.12. The molecule has 5 aromatic rings. The number of ether oxygens (including phenoxy) is 1. The van der Waals surface area contributed by atoms with Crippen LogP contribution in [0.4, 0.5) is 16.3 Å². The summed E-state index contributed by atoms with van der Waals surface area (Å²) in [5, 5.41) is 10.3. The van der Waals surface area contributed by atoms with Crippen molar-refractivity contribution in [2.24, 2.45) is 14.1 Å². The van der Waals surface area contributed by atoms with Gasteiger partial charge in [0.15, 0.2) is 0 Å². The van der Waals surface area contributed by atoms with E-state index in [-0.39, 0.29) is 17.6 Å². The third-order valence-electron chi connectivity index (χ3n) is 10.9. The Labute approximate surface area is 299 Å². The fraction of sp³-hybridized carbons (Fsp3) is 0.342. The van der Waals surface area contributed by atoms with Gasteiger partial charge in [-0.2, -0.15) is 0 Å². The Morgan fingerprint density at radius 2 is 1.80 bits per heavy atom. The minimum atomic E-state index is -0.420. The summed E-state index contributed by atoms with van der Waals surface area (Å²) in [5.41, 5.74) is 6.76. The van der Waals surface area contributed by atoms with Gasteiger partial charge in [-0.3, -0.25) is 18.8 Å². The second kappa shape index (κ2) is 12.5. The zero-order chi connectivity index (χ0) is 35.6. The number of nitrogens with zero attached hydrogens (tertiary/aromatic N) is 5. The number of aryl methyl sites for hydroxylation is 2. The first-order valence-corrected chi connectivity index (χ1v) is 17.6. The Hall–Kier alpha value is -5.20. The molecule has 3 aromatic heterocycles. The summed E-state index contributed by atoms with van der Waals surface area (Å²) in [5.74, 6) is 0.969. The number of fused-ring (bicyclic) bond motifs is 2. The molecule has 0 unspecified atom stereocenters. The molecule has 2 fully saturated rings. The van der Waals surface area contributed by atoms with Crippen LogP contribution in [0.15, 0.2) is 64.3 Å². The molecule has 0 radical (unpaired) electrons. The summed E-state index contributed by atoms with van der Waals surface area (Å²) < 4.78 is 8.48. The number of methoxy groups -OCH3 is 1. The molecule has 1 aliphatic carbocycles. The van der Waals surface area contributed by atoms with Crippen LogP contribution in [-0.2, 0) is 20.5 Å². The predicted molar refractivity (Wildman–Crippen MR) is 198 cm³/mol. The van der Waals surface area contributed by atoms with Gasteiger partial charge in [0.1, 0.15) is 11.2 Å². The molecule has 13 heteroatoms. The van der Waals surface area contributed by atoms with Crippen LogP contribution >= 0.6 is 11.6 Å². The van der Waals surface area contributed by atoms with Crippen molar-refractivity contribution >= 4 is 40.0 Å². The van der Waals surface area contributed by atoms with Crippen molar-refractivity contribution in [2.45, 2.75) is 44.2 Å². The average Bonchev–Trinajstić information content (AvgIpc) is 3.74. The summed E-state index contributed by atoms with van der Waals surface area (Å²) in [6, 6.07) is 15.7. The van der Waals surface area contributed by atoms with Crippen molar-refractivity contribution < 1.29 is 9.53 Å². The molecule has 12 nitrogen and oxygen atoms in total. The predicted octanol–water partition coefficient (Wildman–Crippen LogP) is 5.21.